The fraction of sp³-hybridized carbons (Fsp3) is 0.200. The molecule has 3 nitrogen and oxygen atoms in total. The molecule has 0 bridgehead atoms. The predicted molar refractivity (Wildman–Crippen MR) is 50.2 cm³/mol. The lowest BCUT2D eigenvalue weighted by molar-refractivity contribution is 0.109. The molecular weight excluding hydrogens is 168 g/mol. The highest BCUT2D eigenvalue weighted by Crippen LogP contribution is 2.12. The standard InChI is InChI=1S/C8H6O3.C2H6/c9-4-6-1-2-8(11)3-7(6)5-10;1-2/h1-5,11H;1-2H3. The van der Waals surface area contributed by atoms with Crippen molar-refractivity contribution in [3.63, 3.8) is 0 Å². The molecule has 13 heavy (non-hydrogen) atoms. The van der Waals surface area contributed by atoms with Gasteiger partial charge in [0.05, 0.1) is 0 Å². The second-order valence-electron chi connectivity index (χ2n) is 2.05. The third-order valence-corrected chi connectivity index (χ3v) is 1.32. The van der Waals surface area contributed by atoms with Gasteiger partial charge in [-0.15, -0.1) is 0 Å². The minimum atomic E-state index is -0.0160. The lowest BCUT2D eigenvalue weighted by Gasteiger charge is -1.95. The number of aromatic hydroxyl groups is 1. The van der Waals surface area contributed by atoms with E-state index in [9.17, 15) is 9.59 Å². The number of phenolic OH excluding ortho intramolecular Hbond substituents is 1. The van der Waals surface area contributed by atoms with Gasteiger partial charge in [0.25, 0.3) is 0 Å². The van der Waals surface area contributed by atoms with Gasteiger partial charge in [-0.2, -0.15) is 0 Å². The Morgan fingerprint density at radius 3 is 2.08 bits per heavy atom. The highest BCUT2D eigenvalue weighted by atomic mass is 16.3. The molecule has 0 saturated carbocycles. The summed E-state index contributed by atoms with van der Waals surface area (Å²) in [4.78, 5) is 20.5. The van der Waals surface area contributed by atoms with Crippen molar-refractivity contribution >= 4 is 12.6 Å². The van der Waals surface area contributed by atoms with Crippen LogP contribution in [0.25, 0.3) is 0 Å². The molecule has 0 aliphatic heterocycles. The Hall–Kier alpha value is -1.64. The molecule has 0 aliphatic carbocycles. The van der Waals surface area contributed by atoms with Gasteiger partial charge in [0.15, 0.2) is 12.6 Å². The number of rotatable bonds is 2. The second kappa shape index (κ2) is 5.94. The Labute approximate surface area is 77.0 Å². The minimum Gasteiger partial charge on any atom is -0.508 e. The summed E-state index contributed by atoms with van der Waals surface area (Å²) >= 11 is 0. The van der Waals surface area contributed by atoms with Gasteiger partial charge in [0, 0.05) is 11.1 Å². The van der Waals surface area contributed by atoms with E-state index in [1.165, 1.54) is 18.2 Å². The quantitative estimate of drug-likeness (QED) is 0.708. The maximum absolute atomic E-state index is 10.3. The molecule has 0 atom stereocenters. The van der Waals surface area contributed by atoms with Crippen LogP contribution in [0.3, 0.4) is 0 Å². The van der Waals surface area contributed by atoms with E-state index >= 15 is 0 Å². The summed E-state index contributed by atoms with van der Waals surface area (Å²) < 4.78 is 0. The molecule has 0 spiro atoms. The van der Waals surface area contributed by atoms with Crippen molar-refractivity contribution in [3.8, 4) is 5.75 Å². The Bertz CT molecular complexity index is 292. The van der Waals surface area contributed by atoms with Gasteiger partial charge in [0.1, 0.15) is 5.75 Å². The number of phenols is 1. The van der Waals surface area contributed by atoms with Crippen molar-refractivity contribution in [1.29, 1.82) is 0 Å². The number of carbonyl (C=O) groups is 2. The van der Waals surface area contributed by atoms with Crippen LogP contribution in [0.5, 0.6) is 5.75 Å². The van der Waals surface area contributed by atoms with Gasteiger partial charge in [-0.25, -0.2) is 0 Å². The van der Waals surface area contributed by atoms with Crippen LogP contribution in [0, 0.1) is 0 Å². The molecule has 0 amide bonds. The Balaban J connectivity index is 0.000000671. The molecule has 1 aromatic rings. The van der Waals surface area contributed by atoms with E-state index in [0.717, 1.165) is 0 Å². The first kappa shape index (κ1) is 11.4. The minimum absolute atomic E-state index is 0.0160. The fourth-order valence-corrected chi connectivity index (χ4v) is 0.772. The van der Waals surface area contributed by atoms with E-state index in [1.807, 2.05) is 13.8 Å². The van der Waals surface area contributed by atoms with Crippen molar-refractivity contribution in [2.24, 2.45) is 0 Å². The lowest BCUT2D eigenvalue weighted by atomic mass is 10.1. The monoisotopic (exact) mass is 180 g/mol. The summed E-state index contributed by atoms with van der Waals surface area (Å²) in [7, 11) is 0. The van der Waals surface area contributed by atoms with Crippen LogP contribution in [-0.2, 0) is 0 Å². The van der Waals surface area contributed by atoms with Gasteiger partial charge in [0.2, 0.25) is 0 Å². The summed E-state index contributed by atoms with van der Waals surface area (Å²) in [5.74, 6) is -0.0160. The summed E-state index contributed by atoms with van der Waals surface area (Å²) in [6.45, 7) is 4.00. The van der Waals surface area contributed by atoms with E-state index in [2.05, 4.69) is 0 Å². The molecule has 0 fully saturated rings. The zero-order valence-electron chi connectivity index (χ0n) is 7.65. The first-order valence-corrected chi connectivity index (χ1v) is 4.01. The zero-order valence-corrected chi connectivity index (χ0v) is 7.65. The van der Waals surface area contributed by atoms with Crippen molar-refractivity contribution in [3.05, 3.63) is 29.3 Å². The molecule has 0 aromatic heterocycles. The molecule has 0 radical (unpaired) electrons. The van der Waals surface area contributed by atoms with E-state index in [1.54, 1.807) is 0 Å². The van der Waals surface area contributed by atoms with Crippen LogP contribution in [0.15, 0.2) is 18.2 Å². The number of aldehydes is 2. The third kappa shape index (κ3) is 3.07. The third-order valence-electron chi connectivity index (χ3n) is 1.32. The Kier molecular flexibility index (Phi) is 5.19. The highest BCUT2D eigenvalue weighted by Gasteiger charge is 1.99. The molecule has 70 valence electrons. The van der Waals surface area contributed by atoms with E-state index in [-0.39, 0.29) is 16.9 Å². The first-order chi connectivity index (χ1) is 6.27. The van der Waals surface area contributed by atoms with Crippen LogP contribution in [0.2, 0.25) is 0 Å². The number of benzene rings is 1. The zero-order chi connectivity index (χ0) is 10.3. The molecule has 0 aliphatic rings. The van der Waals surface area contributed by atoms with E-state index < -0.39 is 0 Å². The molecule has 3 heteroatoms. The summed E-state index contributed by atoms with van der Waals surface area (Å²) in [5, 5.41) is 8.89. The summed E-state index contributed by atoms with van der Waals surface area (Å²) in [6, 6.07) is 4.00. The molecule has 0 saturated heterocycles. The van der Waals surface area contributed by atoms with Gasteiger partial charge >= 0.3 is 0 Å². The maximum atomic E-state index is 10.3. The molecule has 0 heterocycles. The van der Waals surface area contributed by atoms with Crippen LogP contribution >= 0.6 is 0 Å². The topological polar surface area (TPSA) is 54.4 Å². The van der Waals surface area contributed by atoms with Gasteiger partial charge < -0.3 is 5.11 Å². The largest absolute Gasteiger partial charge is 0.508 e. The Morgan fingerprint density at radius 2 is 1.62 bits per heavy atom. The second-order valence-corrected chi connectivity index (χ2v) is 2.05. The normalized spacial score (nSPS) is 8.15. The molecule has 0 unspecified atom stereocenters. The molecular formula is C10H12O3. The average molecular weight is 180 g/mol. The Morgan fingerprint density at radius 1 is 1.08 bits per heavy atom. The number of carbonyl (C=O) groups excluding carboxylic acids is 2. The number of hydrogen-bond donors (Lipinski definition) is 1. The first-order valence-electron chi connectivity index (χ1n) is 4.01. The smallest absolute Gasteiger partial charge is 0.150 e. The summed E-state index contributed by atoms with van der Waals surface area (Å²) in [5.41, 5.74) is 0.498. The van der Waals surface area contributed by atoms with Crippen molar-refractivity contribution in [2.45, 2.75) is 13.8 Å². The highest BCUT2D eigenvalue weighted by molar-refractivity contribution is 5.90. The SMILES string of the molecule is CC.O=Cc1ccc(O)cc1C=O. The summed E-state index contributed by atoms with van der Waals surface area (Å²) in [6.07, 6.45) is 1.10. The van der Waals surface area contributed by atoms with Crippen molar-refractivity contribution < 1.29 is 14.7 Å². The number of hydrogen-bond acceptors (Lipinski definition) is 3. The predicted octanol–water partition coefficient (Wildman–Crippen LogP) is 2.04. The fourth-order valence-electron chi connectivity index (χ4n) is 0.772. The lowest BCUT2D eigenvalue weighted by Crippen LogP contribution is -1.88. The van der Waals surface area contributed by atoms with Gasteiger partial charge in [-0.3, -0.25) is 9.59 Å². The van der Waals surface area contributed by atoms with Crippen LogP contribution in [0.1, 0.15) is 34.6 Å². The van der Waals surface area contributed by atoms with Crippen LogP contribution < -0.4 is 0 Å². The van der Waals surface area contributed by atoms with E-state index in [4.69, 9.17) is 5.11 Å². The van der Waals surface area contributed by atoms with Gasteiger partial charge in [-0.1, -0.05) is 13.8 Å². The average Bonchev–Trinajstić information content (AvgIpc) is 2.20. The van der Waals surface area contributed by atoms with Gasteiger partial charge in [-0.05, 0) is 18.2 Å². The molecule has 1 aromatic carbocycles. The van der Waals surface area contributed by atoms with Crippen LogP contribution in [0.4, 0.5) is 0 Å². The maximum Gasteiger partial charge on any atom is 0.150 e. The van der Waals surface area contributed by atoms with Crippen molar-refractivity contribution in [2.75, 3.05) is 0 Å². The molecule has 1 rings (SSSR count). The molecule has 1 N–H and O–H groups in total. The van der Waals surface area contributed by atoms with E-state index in [0.29, 0.717) is 12.6 Å². The van der Waals surface area contributed by atoms with Crippen molar-refractivity contribution in [1.82, 2.24) is 0 Å². The van der Waals surface area contributed by atoms with Crippen LogP contribution in [-0.4, -0.2) is 17.7 Å².